The van der Waals surface area contributed by atoms with Gasteiger partial charge in [0.2, 0.25) is 5.91 Å². The van der Waals surface area contributed by atoms with Crippen LogP contribution in [-0.4, -0.2) is 44.2 Å². The van der Waals surface area contributed by atoms with Crippen LogP contribution in [0.1, 0.15) is 38.5 Å². The lowest BCUT2D eigenvalue weighted by Gasteiger charge is -2.26. The van der Waals surface area contributed by atoms with E-state index in [2.05, 4.69) is 17.3 Å². The molecule has 0 spiro atoms. The molecule has 1 heterocycles. The second-order valence-corrected chi connectivity index (χ2v) is 6.92. The highest BCUT2D eigenvalue weighted by Gasteiger charge is 2.16. The van der Waals surface area contributed by atoms with E-state index >= 15 is 0 Å². The molecule has 0 aromatic heterocycles. The highest BCUT2D eigenvalue weighted by Crippen LogP contribution is 2.32. The van der Waals surface area contributed by atoms with Crippen LogP contribution in [0.2, 0.25) is 0 Å². The van der Waals surface area contributed by atoms with E-state index in [1.165, 1.54) is 32.1 Å². The molecule has 5 heteroatoms. The highest BCUT2D eigenvalue weighted by atomic mass is 16.6. The third-order valence-electron chi connectivity index (χ3n) is 4.84. The smallest absolute Gasteiger partial charge is 0.225 e. The fourth-order valence-corrected chi connectivity index (χ4v) is 3.54. The van der Waals surface area contributed by atoms with Crippen LogP contribution in [0, 0.1) is 5.92 Å². The fraction of sp³-hybridized carbons (Fsp3) is 0.632. The van der Waals surface area contributed by atoms with Gasteiger partial charge in [0.1, 0.15) is 13.2 Å². The number of hydrogen-bond donors (Lipinski definition) is 1. The van der Waals surface area contributed by atoms with Gasteiger partial charge in [0.25, 0.3) is 0 Å². The maximum absolute atomic E-state index is 12.2. The molecular weight excluding hydrogens is 304 g/mol. The normalized spacial score (nSPS) is 17.8. The van der Waals surface area contributed by atoms with Gasteiger partial charge in [-0.2, -0.15) is 0 Å². The molecule has 132 valence electrons. The van der Waals surface area contributed by atoms with Gasteiger partial charge in [0.15, 0.2) is 11.5 Å². The molecule has 5 nitrogen and oxygen atoms in total. The number of anilines is 1. The Kier molecular flexibility index (Phi) is 5.96. The van der Waals surface area contributed by atoms with Gasteiger partial charge in [-0.3, -0.25) is 4.79 Å². The molecule has 1 amide bonds. The van der Waals surface area contributed by atoms with Crippen LogP contribution in [0.15, 0.2) is 18.2 Å². The Balaban J connectivity index is 1.42. The van der Waals surface area contributed by atoms with Crippen molar-refractivity contribution in [1.29, 1.82) is 0 Å². The Hall–Kier alpha value is -1.75. The van der Waals surface area contributed by atoms with E-state index in [-0.39, 0.29) is 5.91 Å². The van der Waals surface area contributed by atoms with Gasteiger partial charge in [-0.05, 0) is 37.9 Å². The summed E-state index contributed by atoms with van der Waals surface area (Å²) in [6.07, 6.45) is 7.31. The topological polar surface area (TPSA) is 50.8 Å². The van der Waals surface area contributed by atoms with E-state index in [0.29, 0.717) is 25.4 Å². The Morgan fingerprint density at radius 1 is 1.17 bits per heavy atom. The zero-order chi connectivity index (χ0) is 16.8. The fourth-order valence-electron chi connectivity index (χ4n) is 3.54. The molecule has 1 aromatic carbocycles. The summed E-state index contributed by atoms with van der Waals surface area (Å²) in [6.45, 7) is 3.03. The van der Waals surface area contributed by atoms with E-state index in [0.717, 1.165) is 30.4 Å². The van der Waals surface area contributed by atoms with Gasteiger partial charge in [0.05, 0.1) is 0 Å². The number of nitrogens with zero attached hydrogens (tertiary/aromatic N) is 1. The lowest BCUT2D eigenvalue weighted by Crippen LogP contribution is -2.30. The lowest BCUT2D eigenvalue weighted by molar-refractivity contribution is -0.116. The number of fused-ring (bicyclic) bond motifs is 1. The second kappa shape index (κ2) is 8.38. The van der Waals surface area contributed by atoms with Crippen molar-refractivity contribution in [2.75, 3.05) is 38.7 Å². The van der Waals surface area contributed by atoms with E-state index in [4.69, 9.17) is 9.47 Å². The second-order valence-electron chi connectivity index (χ2n) is 6.92. The lowest BCUT2D eigenvalue weighted by atomic mass is 9.89. The molecule has 0 radical (unpaired) electrons. The number of rotatable bonds is 6. The molecule has 1 N–H and O–H groups in total. The van der Waals surface area contributed by atoms with Crippen LogP contribution in [0.3, 0.4) is 0 Å². The summed E-state index contributed by atoms with van der Waals surface area (Å²) in [5, 5.41) is 2.95. The van der Waals surface area contributed by atoms with Crippen molar-refractivity contribution in [1.82, 2.24) is 4.90 Å². The maximum Gasteiger partial charge on any atom is 0.225 e. The van der Waals surface area contributed by atoms with Gasteiger partial charge in [-0.25, -0.2) is 0 Å². The van der Waals surface area contributed by atoms with Gasteiger partial charge >= 0.3 is 0 Å². The third-order valence-corrected chi connectivity index (χ3v) is 4.84. The number of ether oxygens (including phenoxy) is 2. The number of amides is 1. The van der Waals surface area contributed by atoms with Crippen molar-refractivity contribution in [2.24, 2.45) is 5.92 Å². The van der Waals surface area contributed by atoms with Crippen molar-refractivity contribution >= 4 is 11.6 Å². The summed E-state index contributed by atoms with van der Waals surface area (Å²) in [4.78, 5) is 14.5. The van der Waals surface area contributed by atoms with Crippen molar-refractivity contribution in [3.8, 4) is 11.5 Å². The molecule has 1 saturated carbocycles. The van der Waals surface area contributed by atoms with Gasteiger partial charge in [-0.15, -0.1) is 0 Å². The molecule has 2 aliphatic rings. The predicted molar refractivity (Wildman–Crippen MR) is 94.8 cm³/mol. The minimum absolute atomic E-state index is 0.0437. The van der Waals surface area contributed by atoms with Crippen LogP contribution >= 0.6 is 0 Å². The predicted octanol–water partition coefficient (Wildman–Crippen LogP) is 3.30. The molecule has 24 heavy (non-hydrogen) atoms. The third kappa shape index (κ3) is 4.87. The molecule has 1 fully saturated rings. The van der Waals surface area contributed by atoms with Crippen LogP contribution < -0.4 is 14.8 Å². The SMILES string of the molecule is CN(CCC(=O)Nc1ccc2c(c1)OCCO2)CC1CCCCC1. The van der Waals surface area contributed by atoms with Crippen molar-refractivity contribution in [2.45, 2.75) is 38.5 Å². The minimum Gasteiger partial charge on any atom is -0.486 e. The standard InChI is InChI=1S/C19H28N2O3/c1-21(14-15-5-3-2-4-6-15)10-9-19(22)20-16-7-8-17-18(13-16)24-12-11-23-17/h7-8,13,15H,2-6,9-12,14H2,1H3,(H,20,22). The number of hydrogen-bond acceptors (Lipinski definition) is 4. The van der Waals surface area contributed by atoms with E-state index < -0.39 is 0 Å². The Morgan fingerprint density at radius 2 is 1.92 bits per heavy atom. The zero-order valence-electron chi connectivity index (χ0n) is 14.6. The molecule has 1 aliphatic heterocycles. The van der Waals surface area contributed by atoms with Crippen LogP contribution in [-0.2, 0) is 4.79 Å². The van der Waals surface area contributed by atoms with Crippen LogP contribution in [0.4, 0.5) is 5.69 Å². The van der Waals surface area contributed by atoms with Gasteiger partial charge in [0, 0.05) is 31.3 Å². The highest BCUT2D eigenvalue weighted by molar-refractivity contribution is 5.91. The summed E-state index contributed by atoms with van der Waals surface area (Å²) >= 11 is 0. The quantitative estimate of drug-likeness (QED) is 0.868. The summed E-state index contributed by atoms with van der Waals surface area (Å²) < 4.78 is 11.0. The minimum atomic E-state index is 0.0437. The van der Waals surface area contributed by atoms with Gasteiger partial charge in [-0.1, -0.05) is 19.3 Å². The van der Waals surface area contributed by atoms with E-state index in [1.807, 2.05) is 18.2 Å². The average Bonchev–Trinajstić information content (AvgIpc) is 2.61. The summed E-state index contributed by atoms with van der Waals surface area (Å²) in [5.41, 5.74) is 0.763. The van der Waals surface area contributed by atoms with Crippen LogP contribution in [0.25, 0.3) is 0 Å². The number of nitrogens with one attached hydrogen (secondary N) is 1. The molecule has 0 bridgehead atoms. The van der Waals surface area contributed by atoms with Gasteiger partial charge < -0.3 is 19.7 Å². The molecule has 3 rings (SSSR count). The first kappa shape index (κ1) is 17.1. The molecular formula is C19H28N2O3. The van der Waals surface area contributed by atoms with E-state index in [9.17, 15) is 4.79 Å². The Labute approximate surface area is 144 Å². The summed E-state index contributed by atoms with van der Waals surface area (Å²) in [6, 6.07) is 5.54. The summed E-state index contributed by atoms with van der Waals surface area (Å²) in [5.74, 6) is 2.30. The Bertz CT molecular complexity index is 556. The molecule has 1 aromatic rings. The molecule has 1 aliphatic carbocycles. The largest absolute Gasteiger partial charge is 0.486 e. The van der Waals surface area contributed by atoms with Crippen LogP contribution in [0.5, 0.6) is 11.5 Å². The van der Waals surface area contributed by atoms with Crippen molar-refractivity contribution < 1.29 is 14.3 Å². The maximum atomic E-state index is 12.2. The molecule has 0 atom stereocenters. The Morgan fingerprint density at radius 3 is 2.71 bits per heavy atom. The van der Waals surface area contributed by atoms with Crippen molar-refractivity contribution in [3.63, 3.8) is 0 Å². The first-order valence-corrected chi connectivity index (χ1v) is 9.09. The average molecular weight is 332 g/mol. The van der Waals surface area contributed by atoms with Crippen molar-refractivity contribution in [3.05, 3.63) is 18.2 Å². The zero-order valence-corrected chi connectivity index (χ0v) is 14.6. The summed E-state index contributed by atoms with van der Waals surface area (Å²) in [7, 11) is 2.12. The number of benzene rings is 1. The number of carbonyl (C=O) groups excluding carboxylic acids is 1. The number of carbonyl (C=O) groups is 1. The molecule has 0 unspecified atom stereocenters. The van der Waals surface area contributed by atoms with E-state index in [1.54, 1.807) is 0 Å². The first-order chi connectivity index (χ1) is 11.7. The first-order valence-electron chi connectivity index (χ1n) is 9.09. The molecule has 0 saturated heterocycles. The monoisotopic (exact) mass is 332 g/mol.